The van der Waals surface area contributed by atoms with Gasteiger partial charge in [-0.1, -0.05) is 17.7 Å². The van der Waals surface area contributed by atoms with Gasteiger partial charge in [-0.3, -0.25) is 0 Å². The quantitative estimate of drug-likeness (QED) is 0.903. The van der Waals surface area contributed by atoms with E-state index in [1.807, 2.05) is 25.1 Å². The number of nitrogens with two attached hydrogens (primary N) is 1. The first kappa shape index (κ1) is 15.6. The van der Waals surface area contributed by atoms with Crippen LogP contribution in [0, 0.1) is 0 Å². The molecule has 4 heteroatoms. The molecular formula is C16H24ClNO2. The van der Waals surface area contributed by atoms with Crippen molar-refractivity contribution in [2.45, 2.75) is 57.8 Å². The molecule has 2 unspecified atom stereocenters. The van der Waals surface area contributed by atoms with E-state index >= 15 is 0 Å². The smallest absolute Gasteiger partial charge is 0.124 e. The molecule has 112 valence electrons. The molecule has 1 heterocycles. The standard InChI is InChI=1S/C16H24ClNO2/c1-11(18)9-13-14(17)5-4-6-15(13)19-10-12-7-8-16(2,3)20-12/h4-6,11-12H,7-10,18H2,1-3H3. The van der Waals surface area contributed by atoms with Gasteiger partial charge >= 0.3 is 0 Å². The lowest BCUT2D eigenvalue weighted by molar-refractivity contribution is -0.0327. The number of rotatable bonds is 5. The second kappa shape index (κ2) is 6.33. The van der Waals surface area contributed by atoms with Crippen LogP contribution in [0.4, 0.5) is 0 Å². The van der Waals surface area contributed by atoms with Gasteiger partial charge in [0.1, 0.15) is 12.4 Å². The zero-order chi connectivity index (χ0) is 14.8. The Balaban J connectivity index is 2.01. The Morgan fingerprint density at radius 2 is 2.25 bits per heavy atom. The van der Waals surface area contributed by atoms with Gasteiger partial charge in [-0.25, -0.2) is 0 Å². The highest BCUT2D eigenvalue weighted by Crippen LogP contribution is 2.31. The molecule has 0 aliphatic carbocycles. The van der Waals surface area contributed by atoms with Gasteiger partial charge < -0.3 is 15.2 Å². The molecule has 2 atom stereocenters. The van der Waals surface area contributed by atoms with E-state index in [0.717, 1.165) is 24.2 Å². The Morgan fingerprint density at radius 1 is 1.50 bits per heavy atom. The molecule has 0 radical (unpaired) electrons. The summed E-state index contributed by atoms with van der Waals surface area (Å²) in [5.41, 5.74) is 6.83. The van der Waals surface area contributed by atoms with Gasteiger partial charge in [0, 0.05) is 16.6 Å². The van der Waals surface area contributed by atoms with Crippen LogP contribution < -0.4 is 10.5 Å². The Kier molecular flexibility index (Phi) is 4.95. The van der Waals surface area contributed by atoms with Crippen LogP contribution in [0.3, 0.4) is 0 Å². The average molecular weight is 298 g/mol. The van der Waals surface area contributed by atoms with Crippen LogP contribution in [0.15, 0.2) is 18.2 Å². The second-order valence-electron chi connectivity index (χ2n) is 6.25. The summed E-state index contributed by atoms with van der Waals surface area (Å²) in [6.45, 7) is 6.77. The fourth-order valence-corrected chi connectivity index (χ4v) is 2.81. The van der Waals surface area contributed by atoms with Crippen molar-refractivity contribution in [2.75, 3.05) is 6.61 Å². The van der Waals surface area contributed by atoms with Crippen molar-refractivity contribution in [2.24, 2.45) is 5.73 Å². The van der Waals surface area contributed by atoms with Crippen molar-refractivity contribution < 1.29 is 9.47 Å². The molecule has 1 fully saturated rings. The molecule has 0 spiro atoms. The predicted octanol–water partition coefficient (Wildman–Crippen LogP) is 3.57. The lowest BCUT2D eigenvalue weighted by atomic mass is 10.1. The van der Waals surface area contributed by atoms with Crippen LogP contribution in [0.1, 0.15) is 39.2 Å². The highest BCUT2D eigenvalue weighted by atomic mass is 35.5. The van der Waals surface area contributed by atoms with E-state index in [4.69, 9.17) is 26.8 Å². The molecule has 0 bridgehead atoms. The van der Waals surface area contributed by atoms with E-state index in [0.29, 0.717) is 18.1 Å². The maximum absolute atomic E-state index is 6.25. The molecule has 0 amide bonds. The number of benzene rings is 1. The number of hydrogen-bond donors (Lipinski definition) is 1. The molecule has 3 nitrogen and oxygen atoms in total. The number of hydrogen-bond acceptors (Lipinski definition) is 3. The largest absolute Gasteiger partial charge is 0.491 e. The monoisotopic (exact) mass is 297 g/mol. The van der Waals surface area contributed by atoms with Crippen molar-refractivity contribution in [3.63, 3.8) is 0 Å². The van der Waals surface area contributed by atoms with Gasteiger partial charge in [0.05, 0.1) is 11.7 Å². The van der Waals surface area contributed by atoms with Crippen LogP contribution in [0.2, 0.25) is 5.02 Å². The Labute approximate surface area is 126 Å². The van der Waals surface area contributed by atoms with Crippen LogP contribution >= 0.6 is 11.6 Å². The van der Waals surface area contributed by atoms with Crippen LogP contribution in [-0.2, 0) is 11.2 Å². The van der Waals surface area contributed by atoms with Gasteiger partial charge in [0.25, 0.3) is 0 Å². The molecule has 2 rings (SSSR count). The Hall–Kier alpha value is -0.770. The predicted molar refractivity (Wildman–Crippen MR) is 82.5 cm³/mol. The molecule has 2 N–H and O–H groups in total. The first-order chi connectivity index (χ1) is 9.37. The summed E-state index contributed by atoms with van der Waals surface area (Å²) in [6.07, 6.45) is 2.98. The molecule has 0 saturated carbocycles. The van der Waals surface area contributed by atoms with E-state index in [1.165, 1.54) is 0 Å². The molecule has 1 saturated heterocycles. The molecule has 1 aromatic carbocycles. The Morgan fingerprint density at radius 3 is 2.85 bits per heavy atom. The minimum atomic E-state index is -0.0308. The number of ether oxygens (including phenoxy) is 2. The van der Waals surface area contributed by atoms with Crippen molar-refractivity contribution in [3.05, 3.63) is 28.8 Å². The topological polar surface area (TPSA) is 44.5 Å². The van der Waals surface area contributed by atoms with E-state index in [-0.39, 0.29) is 17.7 Å². The fraction of sp³-hybridized carbons (Fsp3) is 0.625. The fourth-order valence-electron chi connectivity index (χ4n) is 2.57. The zero-order valence-corrected chi connectivity index (χ0v) is 13.2. The first-order valence-electron chi connectivity index (χ1n) is 7.21. The molecule has 0 aromatic heterocycles. The number of halogens is 1. The highest BCUT2D eigenvalue weighted by Gasteiger charge is 2.32. The average Bonchev–Trinajstić information content (AvgIpc) is 2.69. The van der Waals surface area contributed by atoms with Crippen molar-refractivity contribution >= 4 is 11.6 Å². The summed E-state index contributed by atoms with van der Waals surface area (Å²) < 4.78 is 11.9. The SMILES string of the molecule is CC(N)Cc1c(Cl)cccc1OCC1CCC(C)(C)O1. The van der Waals surface area contributed by atoms with Gasteiger partial charge in [-0.2, -0.15) is 0 Å². The summed E-state index contributed by atoms with van der Waals surface area (Å²) in [6, 6.07) is 5.78. The molecule has 20 heavy (non-hydrogen) atoms. The third-order valence-electron chi connectivity index (χ3n) is 3.58. The zero-order valence-electron chi connectivity index (χ0n) is 12.5. The second-order valence-corrected chi connectivity index (χ2v) is 6.65. The molecular weight excluding hydrogens is 274 g/mol. The van der Waals surface area contributed by atoms with E-state index in [1.54, 1.807) is 0 Å². The third kappa shape index (κ3) is 4.11. The van der Waals surface area contributed by atoms with Crippen LogP contribution in [-0.4, -0.2) is 24.4 Å². The molecule has 1 aliphatic rings. The summed E-state index contributed by atoms with van der Waals surface area (Å²) in [4.78, 5) is 0. The van der Waals surface area contributed by atoms with Gasteiger partial charge in [-0.05, 0) is 52.2 Å². The maximum Gasteiger partial charge on any atom is 0.124 e. The van der Waals surface area contributed by atoms with Crippen molar-refractivity contribution in [1.29, 1.82) is 0 Å². The maximum atomic E-state index is 6.25. The normalized spacial score (nSPS) is 22.8. The van der Waals surface area contributed by atoms with E-state index < -0.39 is 0 Å². The van der Waals surface area contributed by atoms with Gasteiger partial charge in [-0.15, -0.1) is 0 Å². The lowest BCUT2D eigenvalue weighted by Gasteiger charge is -2.20. The summed E-state index contributed by atoms with van der Waals surface area (Å²) in [5, 5.41) is 0.715. The van der Waals surface area contributed by atoms with Gasteiger partial charge in [0.2, 0.25) is 0 Å². The van der Waals surface area contributed by atoms with E-state index in [9.17, 15) is 0 Å². The Bertz CT molecular complexity index is 460. The first-order valence-corrected chi connectivity index (χ1v) is 7.59. The molecule has 1 aliphatic heterocycles. The lowest BCUT2D eigenvalue weighted by Crippen LogP contribution is -2.24. The highest BCUT2D eigenvalue weighted by molar-refractivity contribution is 6.31. The third-order valence-corrected chi connectivity index (χ3v) is 3.93. The van der Waals surface area contributed by atoms with Crippen molar-refractivity contribution in [1.82, 2.24) is 0 Å². The molecule has 1 aromatic rings. The minimum absolute atomic E-state index is 0.0308. The van der Waals surface area contributed by atoms with Crippen molar-refractivity contribution in [3.8, 4) is 5.75 Å². The summed E-state index contributed by atoms with van der Waals surface area (Å²) >= 11 is 6.25. The minimum Gasteiger partial charge on any atom is -0.491 e. The van der Waals surface area contributed by atoms with Crippen LogP contribution in [0.5, 0.6) is 5.75 Å². The van der Waals surface area contributed by atoms with E-state index in [2.05, 4.69) is 13.8 Å². The van der Waals surface area contributed by atoms with Gasteiger partial charge in [0.15, 0.2) is 0 Å². The van der Waals surface area contributed by atoms with Crippen LogP contribution in [0.25, 0.3) is 0 Å². The summed E-state index contributed by atoms with van der Waals surface area (Å²) in [7, 11) is 0. The summed E-state index contributed by atoms with van der Waals surface area (Å²) in [5.74, 6) is 0.822.